The number of aromatic nitrogens is 2. The Morgan fingerprint density at radius 3 is 2.96 bits per heavy atom. The molecule has 0 saturated carbocycles. The summed E-state index contributed by atoms with van der Waals surface area (Å²) in [5.41, 5.74) is 1.16. The number of likely N-dealkylation sites (tertiary alicyclic amines) is 1. The molecule has 1 aromatic heterocycles. The van der Waals surface area contributed by atoms with Crippen LogP contribution >= 0.6 is 0 Å². The number of hydrogen-bond donors (Lipinski definition) is 0. The first-order valence-electron chi connectivity index (χ1n) is 9.08. The Hall–Kier alpha value is -2.43. The Labute approximate surface area is 148 Å². The molecule has 2 heterocycles. The maximum Gasteiger partial charge on any atom is 0.226 e. The molecule has 1 fully saturated rings. The summed E-state index contributed by atoms with van der Waals surface area (Å²) in [6.07, 6.45) is 8.20. The fraction of sp³-hybridized carbons (Fsp3) is 0.450. The van der Waals surface area contributed by atoms with Gasteiger partial charge >= 0.3 is 0 Å². The fourth-order valence-electron chi connectivity index (χ4n) is 3.14. The highest BCUT2D eigenvalue weighted by Gasteiger charge is 2.27. The van der Waals surface area contributed by atoms with Gasteiger partial charge in [-0.2, -0.15) is 4.98 Å². The summed E-state index contributed by atoms with van der Waals surface area (Å²) < 4.78 is 5.21. The first-order chi connectivity index (χ1) is 12.3. The lowest BCUT2D eigenvalue weighted by Gasteiger charge is -2.31. The minimum absolute atomic E-state index is 0.196. The van der Waals surface area contributed by atoms with Crippen molar-refractivity contribution in [3.63, 3.8) is 0 Å². The van der Waals surface area contributed by atoms with Crippen LogP contribution in [0.2, 0.25) is 0 Å². The molecule has 0 bridgehead atoms. The number of rotatable bonds is 6. The Morgan fingerprint density at radius 1 is 1.36 bits per heavy atom. The van der Waals surface area contributed by atoms with E-state index in [9.17, 15) is 4.79 Å². The van der Waals surface area contributed by atoms with Gasteiger partial charge in [0.05, 0.1) is 0 Å². The number of piperidine rings is 1. The lowest BCUT2D eigenvalue weighted by molar-refractivity contribution is -0.132. The average molecular weight is 339 g/mol. The number of carbonyl (C=O) groups is 1. The molecular formula is C20H25N3O2. The van der Waals surface area contributed by atoms with Crippen LogP contribution in [0.5, 0.6) is 0 Å². The molecule has 3 rings (SSSR count). The van der Waals surface area contributed by atoms with Crippen molar-refractivity contribution in [2.75, 3.05) is 13.1 Å². The van der Waals surface area contributed by atoms with E-state index in [1.54, 1.807) is 0 Å². The van der Waals surface area contributed by atoms with Crippen molar-refractivity contribution >= 4 is 12.0 Å². The molecule has 5 nitrogen and oxygen atoms in total. The van der Waals surface area contributed by atoms with Crippen LogP contribution in [0.25, 0.3) is 6.08 Å². The standard InChI is InChI=1S/C20H25N3O2/c1-2-18-21-20(22-25-18)17-12-8-14-23(15-17)19(24)13-7-6-11-16-9-4-3-5-10-16/h3-6,9-11,17H,2,7-8,12-15H2,1H3/b11-6-/t17-/m1/s1. The topological polar surface area (TPSA) is 59.2 Å². The molecule has 2 aromatic rings. The molecule has 1 aliphatic heterocycles. The molecule has 1 amide bonds. The highest BCUT2D eigenvalue weighted by molar-refractivity contribution is 5.76. The van der Waals surface area contributed by atoms with E-state index < -0.39 is 0 Å². The molecule has 132 valence electrons. The molecule has 1 aliphatic rings. The molecule has 0 aliphatic carbocycles. The Kier molecular flexibility index (Phi) is 5.99. The van der Waals surface area contributed by atoms with Gasteiger partial charge in [0.2, 0.25) is 11.8 Å². The monoisotopic (exact) mass is 339 g/mol. The SMILES string of the molecule is CCc1nc([C@@H]2CCCN(C(=O)CC/C=C\c3ccccc3)C2)no1. The smallest absolute Gasteiger partial charge is 0.226 e. The van der Waals surface area contributed by atoms with Gasteiger partial charge in [-0.15, -0.1) is 0 Å². The number of carbonyl (C=O) groups excluding carboxylic acids is 1. The van der Waals surface area contributed by atoms with Crippen molar-refractivity contribution in [3.05, 3.63) is 53.7 Å². The summed E-state index contributed by atoms with van der Waals surface area (Å²) in [5, 5.41) is 4.08. The van der Waals surface area contributed by atoms with E-state index in [2.05, 4.69) is 34.4 Å². The van der Waals surface area contributed by atoms with Crippen LogP contribution in [0.4, 0.5) is 0 Å². The van der Waals surface area contributed by atoms with Gasteiger partial charge in [0.15, 0.2) is 5.82 Å². The molecular weight excluding hydrogens is 314 g/mol. The third kappa shape index (κ3) is 4.78. The summed E-state index contributed by atoms with van der Waals surface area (Å²) in [7, 11) is 0. The van der Waals surface area contributed by atoms with Gasteiger partial charge in [0.25, 0.3) is 0 Å². The van der Waals surface area contributed by atoms with Crippen LogP contribution in [0, 0.1) is 0 Å². The number of hydrogen-bond acceptors (Lipinski definition) is 4. The Bertz CT molecular complexity index is 709. The maximum absolute atomic E-state index is 12.5. The van der Waals surface area contributed by atoms with E-state index in [1.165, 1.54) is 0 Å². The zero-order valence-electron chi connectivity index (χ0n) is 14.7. The van der Waals surface area contributed by atoms with Crippen molar-refractivity contribution < 1.29 is 9.32 Å². The summed E-state index contributed by atoms with van der Waals surface area (Å²) >= 11 is 0. The van der Waals surface area contributed by atoms with Gasteiger partial charge in [-0.25, -0.2) is 0 Å². The number of amides is 1. The molecule has 0 spiro atoms. The summed E-state index contributed by atoms with van der Waals surface area (Å²) in [5.74, 6) is 1.83. The van der Waals surface area contributed by atoms with Gasteiger partial charge in [0.1, 0.15) is 0 Å². The quantitative estimate of drug-likeness (QED) is 0.802. The van der Waals surface area contributed by atoms with E-state index in [4.69, 9.17) is 4.52 Å². The van der Waals surface area contributed by atoms with Gasteiger partial charge in [-0.3, -0.25) is 4.79 Å². The second-order valence-corrected chi connectivity index (χ2v) is 6.43. The van der Waals surface area contributed by atoms with Crippen molar-refractivity contribution in [2.24, 2.45) is 0 Å². The second kappa shape index (κ2) is 8.60. The normalized spacial score (nSPS) is 18.0. The van der Waals surface area contributed by atoms with Crippen molar-refractivity contribution in [1.82, 2.24) is 15.0 Å². The van der Waals surface area contributed by atoms with E-state index >= 15 is 0 Å². The van der Waals surface area contributed by atoms with E-state index in [0.717, 1.165) is 43.6 Å². The lowest BCUT2D eigenvalue weighted by Crippen LogP contribution is -2.39. The molecule has 5 heteroatoms. The van der Waals surface area contributed by atoms with Gasteiger partial charge < -0.3 is 9.42 Å². The predicted molar refractivity (Wildman–Crippen MR) is 96.9 cm³/mol. The number of allylic oxidation sites excluding steroid dienone is 1. The second-order valence-electron chi connectivity index (χ2n) is 6.43. The summed E-state index contributed by atoms with van der Waals surface area (Å²) in [6.45, 7) is 3.52. The van der Waals surface area contributed by atoms with Crippen molar-refractivity contribution in [3.8, 4) is 0 Å². The highest BCUT2D eigenvalue weighted by Crippen LogP contribution is 2.25. The zero-order chi connectivity index (χ0) is 17.5. The van der Waals surface area contributed by atoms with E-state index in [-0.39, 0.29) is 11.8 Å². The summed E-state index contributed by atoms with van der Waals surface area (Å²) in [4.78, 5) is 18.9. The summed E-state index contributed by atoms with van der Waals surface area (Å²) in [6, 6.07) is 10.1. The van der Waals surface area contributed by atoms with Crippen molar-refractivity contribution in [2.45, 2.75) is 44.9 Å². The largest absolute Gasteiger partial charge is 0.342 e. The van der Waals surface area contributed by atoms with Crippen LogP contribution in [-0.4, -0.2) is 34.0 Å². The van der Waals surface area contributed by atoms with Crippen LogP contribution in [-0.2, 0) is 11.2 Å². The molecule has 25 heavy (non-hydrogen) atoms. The van der Waals surface area contributed by atoms with E-state index in [0.29, 0.717) is 18.9 Å². The van der Waals surface area contributed by atoms with Crippen LogP contribution in [0.3, 0.4) is 0 Å². The predicted octanol–water partition coefficient (Wildman–Crippen LogP) is 3.83. The van der Waals surface area contributed by atoms with Gasteiger partial charge in [0, 0.05) is 31.8 Å². The average Bonchev–Trinajstić information content (AvgIpc) is 3.15. The Balaban J connectivity index is 1.49. The Morgan fingerprint density at radius 2 is 2.20 bits per heavy atom. The first-order valence-corrected chi connectivity index (χ1v) is 9.08. The molecule has 1 saturated heterocycles. The van der Waals surface area contributed by atoms with E-state index in [1.807, 2.05) is 30.0 Å². The number of benzene rings is 1. The third-order valence-electron chi connectivity index (χ3n) is 4.56. The fourth-order valence-corrected chi connectivity index (χ4v) is 3.14. The molecule has 0 N–H and O–H groups in total. The maximum atomic E-state index is 12.5. The van der Waals surface area contributed by atoms with Gasteiger partial charge in [-0.1, -0.05) is 54.6 Å². The zero-order valence-corrected chi connectivity index (χ0v) is 14.7. The molecule has 0 unspecified atom stereocenters. The molecule has 1 aromatic carbocycles. The number of nitrogens with zero attached hydrogens (tertiary/aromatic N) is 3. The van der Waals surface area contributed by atoms with Crippen LogP contribution < -0.4 is 0 Å². The third-order valence-corrected chi connectivity index (χ3v) is 4.56. The minimum atomic E-state index is 0.196. The molecule has 0 radical (unpaired) electrons. The lowest BCUT2D eigenvalue weighted by atomic mass is 9.97. The van der Waals surface area contributed by atoms with Crippen LogP contribution in [0.1, 0.15) is 55.8 Å². The van der Waals surface area contributed by atoms with Crippen LogP contribution in [0.15, 0.2) is 40.9 Å². The minimum Gasteiger partial charge on any atom is -0.342 e. The van der Waals surface area contributed by atoms with Crippen molar-refractivity contribution in [1.29, 1.82) is 0 Å². The highest BCUT2D eigenvalue weighted by atomic mass is 16.5. The number of aryl methyl sites for hydroxylation is 1. The van der Waals surface area contributed by atoms with Gasteiger partial charge in [-0.05, 0) is 24.8 Å². The first kappa shape index (κ1) is 17.4. The molecule has 1 atom stereocenters.